The van der Waals surface area contributed by atoms with Crippen LogP contribution in [0.15, 0.2) is 18.2 Å². The molecule has 1 aliphatic rings. The number of ketones is 1. The van der Waals surface area contributed by atoms with Crippen molar-refractivity contribution in [1.82, 2.24) is 0 Å². The summed E-state index contributed by atoms with van der Waals surface area (Å²) in [7, 11) is 1.65. The second kappa shape index (κ2) is 7.26. The fraction of sp³-hybridized carbons (Fsp3) is 0.533. The highest BCUT2D eigenvalue weighted by Gasteiger charge is 2.19. The number of methoxy groups -OCH3 is 1. The highest BCUT2D eigenvalue weighted by molar-refractivity contribution is 5.99. The van der Waals surface area contributed by atoms with Gasteiger partial charge in [0.05, 0.1) is 19.8 Å². The van der Waals surface area contributed by atoms with Crippen molar-refractivity contribution in [2.75, 3.05) is 33.5 Å². The Morgan fingerprint density at radius 1 is 1.11 bits per heavy atom. The Balaban J connectivity index is 1.87. The summed E-state index contributed by atoms with van der Waals surface area (Å²) in [6.45, 7) is 2.19. The van der Waals surface area contributed by atoms with E-state index >= 15 is 0 Å². The lowest BCUT2D eigenvalue weighted by Gasteiger charge is -2.18. The predicted molar refractivity (Wildman–Crippen MR) is 71.9 cm³/mol. The Morgan fingerprint density at radius 3 is 2.79 bits per heavy atom. The summed E-state index contributed by atoms with van der Waals surface area (Å²) in [4.78, 5) is 11.8. The first-order valence-electron chi connectivity index (χ1n) is 6.67. The van der Waals surface area contributed by atoms with Crippen molar-refractivity contribution in [3.05, 3.63) is 29.3 Å². The topological polar surface area (TPSA) is 44.8 Å². The molecule has 0 bridgehead atoms. The lowest BCUT2D eigenvalue weighted by atomic mass is 9.90. The van der Waals surface area contributed by atoms with Gasteiger partial charge in [0.25, 0.3) is 0 Å². The molecule has 4 nitrogen and oxygen atoms in total. The molecule has 0 atom stereocenters. The molecule has 1 aliphatic carbocycles. The number of carbonyl (C=O) groups is 1. The van der Waals surface area contributed by atoms with Crippen molar-refractivity contribution >= 4 is 5.78 Å². The Morgan fingerprint density at radius 2 is 1.95 bits per heavy atom. The first-order chi connectivity index (χ1) is 9.33. The number of Topliss-reactive ketones (excluding diaryl/α,β-unsaturated/α-hetero) is 1. The zero-order valence-electron chi connectivity index (χ0n) is 11.3. The van der Waals surface area contributed by atoms with Crippen LogP contribution in [0.2, 0.25) is 0 Å². The van der Waals surface area contributed by atoms with Crippen LogP contribution in [-0.2, 0) is 15.9 Å². The van der Waals surface area contributed by atoms with Gasteiger partial charge in [0, 0.05) is 24.7 Å². The monoisotopic (exact) mass is 264 g/mol. The summed E-state index contributed by atoms with van der Waals surface area (Å²) in [6.07, 6.45) is 2.48. The average molecular weight is 264 g/mol. The van der Waals surface area contributed by atoms with Gasteiger partial charge in [-0.15, -0.1) is 0 Å². The minimum atomic E-state index is 0.225. The van der Waals surface area contributed by atoms with Crippen LogP contribution >= 0.6 is 0 Å². The van der Waals surface area contributed by atoms with E-state index < -0.39 is 0 Å². The van der Waals surface area contributed by atoms with Crippen molar-refractivity contribution < 1.29 is 19.0 Å². The lowest BCUT2D eigenvalue weighted by molar-refractivity contribution is 0.0542. The molecular formula is C15H20O4. The number of hydrogen-bond donors (Lipinski definition) is 0. The van der Waals surface area contributed by atoms with E-state index in [2.05, 4.69) is 0 Å². The van der Waals surface area contributed by atoms with E-state index in [1.165, 1.54) is 0 Å². The standard InChI is InChI=1S/C15H20O4/c1-17-8-9-18-10-11-19-15-7-3-4-12-13(15)5-2-6-14(12)16/h3-4,7H,2,5-6,8-11H2,1H3. The fourth-order valence-corrected chi connectivity index (χ4v) is 2.24. The minimum absolute atomic E-state index is 0.225. The Kier molecular flexibility index (Phi) is 5.36. The van der Waals surface area contributed by atoms with Gasteiger partial charge in [0.1, 0.15) is 12.4 Å². The van der Waals surface area contributed by atoms with Crippen molar-refractivity contribution in [2.45, 2.75) is 19.3 Å². The number of benzene rings is 1. The highest BCUT2D eigenvalue weighted by atomic mass is 16.5. The normalized spacial score (nSPS) is 14.3. The van der Waals surface area contributed by atoms with Crippen LogP contribution in [-0.4, -0.2) is 39.3 Å². The molecular weight excluding hydrogens is 244 g/mol. The minimum Gasteiger partial charge on any atom is -0.491 e. The lowest BCUT2D eigenvalue weighted by Crippen LogP contribution is -2.14. The van der Waals surface area contributed by atoms with Crippen molar-refractivity contribution in [3.8, 4) is 5.75 Å². The van der Waals surface area contributed by atoms with Crippen molar-refractivity contribution in [2.24, 2.45) is 0 Å². The molecule has 4 heteroatoms. The molecule has 0 saturated heterocycles. The molecule has 0 amide bonds. The van der Waals surface area contributed by atoms with Gasteiger partial charge in [-0.05, 0) is 18.9 Å². The summed E-state index contributed by atoms with van der Waals surface area (Å²) in [5, 5.41) is 0. The molecule has 0 spiro atoms. The van der Waals surface area contributed by atoms with E-state index in [1.807, 2.05) is 18.2 Å². The first kappa shape index (κ1) is 14.0. The third-order valence-electron chi connectivity index (χ3n) is 3.18. The predicted octanol–water partition coefficient (Wildman–Crippen LogP) is 2.25. The summed E-state index contributed by atoms with van der Waals surface area (Å²) in [5.74, 6) is 1.05. The maximum absolute atomic E-state index is 11.8. The van der Waals surface area contributed by atoms with Gasteiger partial charge in [-0.2, -0.15) is 0 Å². The SMILES string of the molecule is COCCOCCOc1cccc2c1CCCC2=O. The molecule has 0 aliphatic heterocycles. The van der Waals surface area contributed by atoms with Gasteiger partial charge in [-0.25, -0.2) is 0 Å². The number of carbonyl (C=O) groups excluding carboxylic acids is 1. The van der Waals surface area contributed by atoms with Crippen LogP contribution in [0.1, 0.15) is 28.8 Å². The number of ether oxygens (including phenoxy) is 3. The number of rotatable bonds is 7. The molecule has 2 rings (SSSR count). The third-order valence-corrected chi connectivity index (χ3v) is 3.18. The Labute approximate surface area is 113 Å². The van der Waals surface area contributed by atoms with Gasteiger partial charge < -0.3 is 14.2 Å². The molecule has 0 aromatic heterocycles. The summed E-state index contributed by atoms with van der Waals surface area (Å²) >= 11 is 0. The van der Waals surface area contributed by atoms with E-state index in [-0.39, 0.29) is 5.78 Å². The van der Waals surface area contributed by atoms with Crippen LogP contribution in [0.5, 0.6) is 5.75 Å². The zero-order chi connectivity index (χ0) is 13.5. The number of fused-ring (bicyclic) bond motifs is 1. The van der Waals surface area contributed by atoms with Crippen LogP contribution in [0.4, 0.5) is 0 Å². The summed E-state index contributed by atoms with van der Waals surface area (Å²) < 4.78 is 15.9. The van der Waals surface area contributed by atoms with E-state index in [0.717, 1.165) is 29.7 Å². The maximum Gasteiger partial charge on any atom is 0.163 e. The molecule has 1 aromatic carbocycles. The fourth-order valence-electron chi connectivity index (χ4n) is 2.24. The average Bonchev–Trinajstić information content (AvgIpc) is 2.43. The molecule has 0 unspecified atom stereocenters. The molecule has 0 heterocycles. The van der Waals surface area contributed by atoms with Crippen molar-refractivity contribution in [3.63, 3.8) is 0 Å². The third kappa shape index (κ3) is 3.78. The molecule has 1 aromatic rings. The molecule has 19 heavy (non-hydrogen) atoms. The van der Waals surface area contributed by atoms with Gasteiger partial charge in [0.2, 0.25) is 0 Å². The Hall–Kier alpha value is -1.39. The summed E-state index contributed by atoms with van der Waals surface area (Å²) in [5.41, 5.74) is 1.87. The van der Waals surface area contributed by atoms with Crippen LogP contribution in [0, 0.1) is 0 Å². The molecule has 0 N–H and O–H groups in total. The smallest absolute Gasteiger partial charge is 0.163 e. The largest absolute Gasteiger partial charge is 0.491 e. The summed E-state index contributed by atoms with van der Waals surface area (Å²) in [6, 6.07) is 5.69. The van der Waals surface area contributed by atoms with Crippen LogP contribution in [0.25, 0.3) is 0 Å². The Bertz CT molecular complexity index is 428. The van der Waals surface area contributed by atoms with E-state index in [9.17, 15) is 4.79 Å². The van der Waals surface area contributed by atoms with Crippen LogP contribution < -0.4 is 4.74 Å². The second-order valence-electron chi connectivity index (χ2n) is 4.51. The zero-order valence-corrected chi connectivity index (χ0v) is 11.3. The maximum atomic E-state index is 11.8. The molecule has 0 radical (unpaired) electrons. The molecule has 104 valence electrons. The highest BCUT2D eigenvalue weighted by Crippen LogP contribution is 2.29. The van der Waals surface area contributed by atoms with Crippen molar-refractivity contribution in [1.29, 1.82) is 0 Å². The van der Waals surface area contributed by atoms with Gasteiger partial charge in [0.15, 0.2) is 5.78 Å². The van der Waals surface area contributed by atoms with Gasteiger partial charge in [-0.3, -0.25) is 4.79 Å². The van der Waals surface area contributed by atoms with Crippen LogP contribution in [0.3, 0.4) is 0 Å². The van der Waals surface area contributed by atoms with E-state index in [1.54, 1.807) is 7.11 Å². The van der Waals surface area contributed by atoms with Gasteiger partial charge >= 0.3 is 0 Å². The molecule has 0 saturated carbocycles. The number of hydrogen-bond acceptors (Lipinski definition) is 4. The van der Waals surface area contributed by atoms with E-state index in [4.69, 9.17) is 14.2 Å². The molecule has 0 fully saturated rings. The second-order valence-corrected chi connectivity index (χ2v) is 4.51. The quantitative estimate of drug-likeness (QED) is 0.709. The van der Waals surface area contributed by atoms with Gasteiger partial charge in [-0.1, -0.05) is 12.1 Å². The van der Waals surface area contributed by atoms with E-state index in [0.29, 0.717) is 32.8 Å². The first-order valence-corrected chi connectivity index (χ1v) is 6.67.